The zero-order valence-corrected chi connectivity index (χ0v) is 14.7. The van der Waals surface area contributed by atoms with Crippen LogP contribution in [0.1, 0.15) is 34.9 Å². The van der Waals surface area contributed by atoms with E-state index >= 15 is 0 Å². The molecule has 1 aliphatic rings. The number of thiophene rings is 1. The molecule has 124 valence electrons. The van der Waals surface area contributed by atoms with Crippen LogP contribution < -0.4 is 10.1 Å². The number of nitrogens with one attached hydrogen (secondary N) is 1. The van der Waals surface area contributed by atoms with Gasteiger partial charge in [0.2, 0.25) is 0 Å². The van der Waals surface area contributed by atoms with Crippen molar-refractivity contribution in [2.75, 3.05) is 11.9 Å². The normalized spacial score (nSPS) is 16.1. The first-order valence-corrected chi connectivity index (χ1v) is 8.93. The predicted molar refractivity (Wildman–Crippen MR) is 95.5 cm³/mol. The Morgan fingerprint density at radius 2 is 2.25 bits per heavy atom. The molecule has 3 rings (SSSR count). The van der Waals surface area contributed by atoms with Crippen molar-refractivity contribution >= 4 is 22.2 Å². The van der Waals surface area contributed by atoms with Crippen LogP contribution in [-0.2, 0) is 17.6 Å². The molecule has 1 aliphatic carbocycles. The van der Waals surface area contributed by atoms with Gasteiger partial charge in [0, 0.05) is 4.88 Å². The molecule has 1 amide bonds. The van der Waals surface area contributed by atoms with E-state index in [0.717, 1.165) is 30.4 Å². The Labute approximate surface area is 146 Å². The van der Waals surface area contributed by atoms with Crippen LogP contribution in [0.4, 0.5) is 5.00 Å². The number of fused-ring (bicyclic) bond motifs is 1. The van der Waals surface area contributed by atoms with Crippen molar-refractivity contribution in [1.82, 2.24) is 0 Å². The van der Waals surface area contributed by atoms with E-state index in [1.54, 1.807) is 0 Å². The Balaban J connectivity index is 1.69. The van der Waals surface area contributed by atoms with Crippen LogP contribution in [0.3, 0.4) is 0 Å². The molecule has 1 heterocycles. The summed E-state index contributed by atoms with van der Waals surface area (Å²) in [5.41, 5.74) is 2.74. The molecule has 0 spiro atoms. The van der Waals surface area contributed by atoms with Crippen LogP contribution in [-0.4, -0.2) is 12.5 Å². The number of rotatable bonds is 4. The number of nitrogens with zero attached hydrogens (tertiary/aromatic N) is 1. The molecular weight excluding hydrogens is 320 g/mol. The minimum atomic E-state index is -0.235. The minimum absolute atomic E-state index is 0.0608. The molecule has 5 heteroatoms. The second-order valence-corrected chi connectivity index (χ2v) is 7.38. The van der Waals surface area contributed by atoms with Gasteiger partial charge < -0.3 is 10.1 Å². The van der Waals surface area contributed by atoms with Gasteiger partial charge in [-0.1, -0.05) is 25.1 Å². The Bertz CT molecular complexity index is 804. The standard InChI is InChI=1S/C19H20N2O2S/c1-12-7-8-14-15(10-20)19(24-17(14)9-12)21-18(22)11-23-16-6-4-3-5-13(16)2/h3-6,12H,7-9,11H2,1-2H3,(H,21,22)/t12-/m1/s1. The van der Waals surface area contributed by atoms with E-state index < -0.39 is 0 Å². The maximum atomic E-state index is 12.2. The molecule has 0 unspecified atom stereocenters. The fourth-order valence-electron chi connectivity index (χ4n) is 2.98. The Kier molecular flexibility index (Phi) is 4.86. The average molecular weight is 340 g/mol. The largest absolute Gasteiger partial charge is 0.483 e. The molecule has 1 aromatic heterocycles. The SMILES string of the molecule is Cc1ccccc1OCC(=O)Nc1sc2c(c1C#N)CC[C@@H](C)C2. The van der Waals surface area contributed by atoms with Crippen molar-refractivity contribution in [3.8, 4) is 11.8 Å². The van der Waals surface area contributed by atoms with E-state index in [4.69, 9.17) is 4.74 Å². The highest BCUT2D eigenvalue weighted by Crippen LogP contribution is 2.39. The maximum Gasteiger partial charge on any atom is 0.262 e. The average Bonchev–Trinajstić information content (AvgIpc) is 2.90. The third-order valence-electron chi connectivity index (χ3n) is 4.33. The van der Waals surface area contributed by atoms with Crippen LogP contribution in [0, 0.1) is 24.2 Å². The lowest BCUT2D eigenvalue weighted by Gasteiger charge is -2.17. The van der Waals surface area contributed by atoms with Gasteiger partial charge in [-0.25, -0.2) is 0 Å². The smallest absolute Gasteiger partial charge is 0.262 e. The molecule has 0 bridgehead atoms. The van der Waals surface area contributed by atoms with Gasteiger partial charge in [0.25, 0.3) is 5.91 Å². The summed E-state index contributed by atoms with van der Waals surface area (Å²) in [6, 6.07) is 9.85. The Morgan fingerprint density at radius 1 is 1.46 bits per heavy atom. The van der Waals surface area contributed by atoms with Gasteiger partial charge in [0.1, 0.15) is 16.8 Å². The highest BCUT2D eigenvalue weighted by Gasteiger charge is 2.24. The highest BCUT2D eigenvalue weighted by atomic mass is 32.1. The third-order valence-corrected chi connectivity index (χ3v) is 5.50. The number of carbonyl (C=O) groups is 1. The summed E-state index contributed by atoms with van der Waals surface area (Å²) in [5, 5.41) is 13.0. The van der Waals surface area contributed by atoms with Crippen molar-refractivity contribution in [1.29, 1.82) is 5.26 Å². The molecule has 1 aromatic carbocycles. The first-order chi connectivity index (χ1) is 11.6. The monoisotopic (exact) mass is 340 g/mol. The molecule has 2 aromatic rings. The highest BCUT2D eigenvalue weighted by molar-refractivity contribution is 7.16. The lowest BCUT2D eigenvalue weighted by atomic mass is 9.89. The number of amides is 1. The fraction of sp³-hybridized carbons (Fsp3) is 0.368. The van der Waals surface area contributed by atoms with Crippen molar-refractivity contribution < 1.29 is 9.53 Å². The first-order valence-electron chi connectivity index (χ1n) is 8.11. The van der Waals surface area contributed by atoms with Crippen LogP contribution >= 0.6 is 11.3 Å². The quantitative estimate of drug-likeness (QED) is 0.912. The van der Waals surface area contributed by atoms with Crippen molar-refractivity contribution in [3.05, 3.63) is 45.8 Å². The molecule has 0 fully saturated rings. The van der Waals surface area contributed by atoms with Gasteiger partial charge in [-0.05, 0) is 49.3 Å². The molecule has 0 saturated carbocycles. The number of anilines is 1. The van der Waals surface area contributed by atoms with Gasteiger partial charge in [-0.2, -0.15) is 5.26 Å². The Morgan fingerprint density at radius 3 is 3.00 bits per heavy atom. The molecule has 0 saturated heterocycles. The van der Waals surface area contributed by atoms with Crippen LogP contribution in [0.15, 0.2) is 24.3 Å². The second-order valence-electron chi connectivity index (χ2n) is 6.27. The number of nitriles is 1. The van der Waals surface area contributed by atoms with E-state index in [-0.39, 0.29) is 12.5 Å². The lowest BCUT2D eigenvalue weighted by Crippen LogP contribution is -2.20. The molecular formula is C19H20N2O2S. The van der Waals surface area contributed by atoms with Gasteiger partial charge in [-0.15, -0.1) is 11.3 Å². The summed E-state index contributed by atoms with van der Waals surface area (Å²) in [4.78, 5) is 13.4. The van der Waals surface area contributed by atoms with Crippen LogP contribution in [0.2, 0.25) is 0 Å². The number of para-hydroxylation sites is 1. The lowest BCUT2D eigenvalue weighted by molar-refractivity contribution is -0.118. The second kappa shape index (κ2) is 7.06. The van der Waals surface area contributed by atoms with Crippen molar-refractivity contribution in [2.24, 2.45) is 5.92 Å². The summed E-state index contributed by atoms with van der Waals surface area (Å²) in [6.07, 6.45) is 3.01. The van der Waals surface area contributed by atoms with Crippen LogP contribution in [0.25, 0.3) is 0 Å². The predicted octanol–water partition coefficient (Wildman–Crippen LogP) is 4.07. The molecule has 1 N–H and O–H groups in total. The van der Waals surface area contributed by atoms with E-state index in [1.165, 1.54) is 16.2 Å². The molecule has 0 radical (unpaired) electrons. The van der Waals surface area contributed by atoms with E-state index in [9.17, 15) is 10.1 Å². The summed E-state index contributed by atoms with van der Waals surface area (Å²) in [6.45, 7) is 4.10. The summed E-state index contributed by atoms with van der Waals surface area (Å²) < 4.78 is 5.57. The van der Waals surface area contributed by atoms with Crippen molar-refractivity contribution in [2.45, 2.75) is 33.1 Å². The fourth-order valence-corrected chi connectivity index (χ4v) is 4.36. The van der Waals surface area contributed by atoms with E-state index in [1.807, 2.05) is 31.2 Å². The first kappa shape index (κ1) is 16.5. The van der Waals surface area contributed by atoms with Gasteiger partial charge in [0.05, 0.1) is 5.56 Å². The van der Waals surface area contributed by atoms with Gasteiger partial charge >= 0.3 is 0 Å². The summed E-state index contributed by atoms with van der Waals surface area (Å²) in [7, 11) is 0. The molecule has 24 heavy (non-hydrogen) atoms. The van der Waals surface area contributed by atoms with Gasteiger partial charge in [-0.3, -0.25) is 4.79 Å². The number of ether oxygens (including phenoxy) is 1. The number of benzene rings is 1. The third kappa shape index (κ3) is 3.44. The number of aryl methyl sites for hydroxylation is 1. The van der Waals surface area contributed by atoms with Crippen molar-refractivity contribution in [3.63, 3.8) is 0 Å². The molecule has 1 atom stereocenters. The summed E-state index contributed by atoms with van der Waals surface area (Å²) >= 11 is 1.53. The number of hydrogen-bond acceptors (Lipinski definition) is 4. The minimum Gasteiger partial charge on any atom is -0.483 e. The van der Waals surface area contributed by atoms with Gasteiger partial charge in [0.15, 0.2) is 6.61 Å². The topological polar surface area (TPSA) is 62.1 Å². The summed E-state index contributed by atoms with van der Waals surface area (Å²) in [5.74, 6) is 1.10. The number of carbonyl (C=O) groups excluding carboxylic acids is 1. The Hall–Kier alpha value is -2.32. The molecule has 4 nitrogen and oxygen atoms in total. The van der Waals surface area contributed by atoms with E-state index in [2.05, 4.69) is 18.3 Å². The zero-order valence-electron chi connectivity index (χ0n) is 13.9. The zero-order chi connectivity index (χ0) is 17.1. The maximum absolute atomic E-state index is 12.2. The van der Waals surface area contributed by atoms with E-state index in [0.29, 0.717) is 22.2 Å². The number of hydrogen-bond donors (Lipinski definition) is 1. The van der Waals surface area contributed by atoms with Crippen LogP contribution in [0.5, 0.6) is 5.75 Å². The molecule has 0 aliphatic heterocycles.